The van der Waals surface area contributed by atoms with Crippen LogP contribution in [0.3, 0.4) is 0 Å². The second-order valence-electron chi connectivity index (χ2n) is 20.1. The number of phosphoric acid groups is 1. The predicted molar refractivity (Wildman–Crippen MR) is 279 cm³/mol. The van der Waals surface area contributed by atoms with E-state index in [1.807, 2.05) is 33.3 Å². The fraction of sp³-hybridized carbons (Fsp3) is 0.857. The number of esters is 1. The van der Waals surface area contributed by atoms with Gasteiger partial charge in [-0.25, -0.2) is 0 Å². The van der Waals surface area contributed by atoms with Crippen molar-refractivity contribution in [1.82, 2.24) is 5.32 Å². The third-order valence-corrected chi connectivity index (χ3v) is 13.3. The number of rotatable bonds is 50. The maximum atomic E-state index is 13.4. The van der Waals surface area contributed by atoms with Crippen LogP contribution in [0.4, 0.5) is 0 Å². The Hall–Kier alpha value is -1.77. The van der Waals surface area contributed by atoms with E-state index in [1.165, 1.54) is 141 Å². The summed E-state index contributed by atoms with van der Waals surface area (Å²) in [6.45, 7) is 6.74. The maximum Gasteiger partial charge on any atom is 0.306 e. The van der Waals surface area contributed by atoms with Gasteiger partial charge in [-0.2, -0.15) is 0 Å². The number of likely N-dealkylation sites (N-methyl/N-ethyl adjacent to an activating group) is 1. The van der Waals surface area contributed by atoms with Gasteiger partial charge in [0, 0.05) is 12.8 Å². The van der Waals surface area contributed by atoms with Gasteiger partial charge < -0.3 is 28.5 Å². The maximum absolute atomic E-state index is 13.4. The van der Waals surface area contributed by atoms with Gasteiger partial charge in [0.2, 0.25) is 5.91 Å². The quantitative estimate of drug-likeness (QED) is 0.0212. The van der Waals surface area contributed by atoms with Gasteiger partial charge >= 0.3 is 5.97 Å². The summed E-state index contributed by atoms with van der Waals surface area (Å²) in [6, 6.07) is -0.886. The zero-order valence-corrected chi connectivity index (χ0v) is 45.0. The first kappa shape index (κ1) is 64.2. The predicted octanol–water partition coefficient (Wildman–Crippen LogP) is 15.8. The van der Waals surface area contributed by atoms with Gasteiger partial charge in [0.15, 0.2) is 0 Å². The fourth-order valence-corrected chi connectivity index (χ4v) is 8.75. The lowest BCUT2D eigenvalue weighted by atomic mass is 10.0. The van der Waals surface area contributed by atoms with Crippen LogP contribution in [0.2, 0.25) is 0 Å². The van der Waals surface area contributed by atoms with E-state index in [2.05, 4.69) is 50.4 Å². The number of nitrogens with one attached hydrogen (secondary N) is 1. The van der Waals surface area contributed by atoms with Crippen molar-refractivity contribution in [1.29, 1.82) is 0 Å². The Morgan fingerprint density at radius 2 is 0.970 bits per heavy atom. The number of carbonyl (C=O) groups excluding carboxylic acids is 2. The Morgan fingerprint density at radius 3 is 1.44 bits per heavy atom. The summed E-state index contributed by atoms with van der Waals surface area (Å²) in [6.07, 6.45) is 53.8. The summed E-state index contributed by atoms with van der Waals surface area (Å²) < 4.78 is 30.2. The molecule has 0 saturated heterocycles. The molecule has 1 N–H and O–H groups in total. The number of phosphoric ester groups is 1. The van der Waals surface area contributed by atoms with Crippen molar-refractivity contribution in [3.8, 4) is 0 Å². The standard InChI is InChI=1S/C56H107N2O7P/c1-7-10-13-16-19-22-25-28-31-33-36-39-42-45-48-55(59)57-53(52-64-66(61,62)63-51-50-58(4,5)6)54(47-44-41-38-35-32-29-26-23-20-17-14-11-8-2)65-56(60)49-46-43-40-37-34-30-27-24-21-18-15-12-9-3/h10,13,19,22,44,47,53-54H,7-9,11-12,14-18,20-21,23-43,45-46,48-52H2,1-6H3,(H-,57,59,61,62)/b13-10+,22-19+,47-44+. The van der Waals surface area contributed by atoms with Crippen LogP contribution in [0.1, 0.15) is 258 Å². The minimum absolute atomic E-state index is 0.0221. The smallest absolute Gasteiger partial charge is 0.306 e. The van der Waals surface area contributed by atoms with E-state index in [-0.39, 0.29) is 31.5 Å². The van der Waals surface area contributed by atoms with Crippen LogP contribution in [0.25, 0.3) is 0 Å². The number of quaternary nitrogens is 1. The normalized spacial score (nSPS) is 14.1. The zero-order chi connectivity index (χ0) is 48.7. The molecule has 0 aliphatic rings. The van der Waals surface area contributed by atoms with E-state index in [4.69, 9.17) is 13.8 Å². The van der Waals surface area contributed by atoms with Gasteiger partial charge in [0.05, 0.1) is 33.8 Å². The van der Waals surface area contributed by atoms with E-state index in [9.17, 15) is 19.0 Å². The van der Waals surface area contributed by atoms with Crippen molar-refractivity contribution in [2.75, 3.05) is 40.9 Å². The molecular formula is C56H107N2O7P. The molecule has 0 fully saturated rings. The molecule has 3 unspecified atom stereocenters. The van der Waals surface area contributed by atoms with Crippen molar-refractivity contribution in [2.24, 2.45) is 0 Å². The molecule has 9 nitrogen and oxygen atoms in total. The number of amides is 1. The minimum Gasteiger partial charge on any atom is -0.756 e. The lowest BCUT2D eigenvalue weighted by molar-refractivity contribution is -0.870. The van der Waals surface area contributed by atoms with Gasteiger partial charge in [-0.1, -0.05) is 225 Å². The van der Waals surface area contributed by atoms with Gasteiger partial charge in [0.25, 0.3) is 7.82 Å². The van der Waals surface area contributed by atoms with Crippen LogP contribution in [0, 0.1) is 0 Å². The Balaban J connectivity index is 5.40. The monoisotopic (exact) mass is 951 g/mol. The third-order valence-electron chi connectivity index (χ3n) is 12.3. The van der Waals surface area contributed by atoms with Crippen molar-refractivity contribution in [3.63, 3.8) is 0 Å². The molecule has 0 heterocycles. The first-order chi connectivity index (χ1) is 31.9. The number of hydrogen-bond donors (Lipinski definition) is 1. The number of hydrogen-bond acceptors (Lipinski definition) is 7. The SMILES string of the molecule is CC/C=C/C/C=C/CCCCCCCCCC(=O)NC(COP(=O)([O-])OCC[N+](C)(C)C)C(/C=C/CCCCCCCCCCCCC)OC(=O)CCCCCCCCCCCCCCC. The third kappa shape index (κ3) is 47.3. The fourth-order valence-electron chi connectivity index (χ4n) is 8.03. The molecular weight excluding hydrogens is 844 g/mol. The van der Waals surface area contributed by atoms with Crippen molar-refractivity contribution < 1.29 is 37.3 Å². The first-order valence-electron chi connectivity index (χ1n) is 27.8. The van der Waals surface area contributed by atoms with Crippen LogP contribution >= 0.6 is 7.82 Å². The van der Waals surface area contributed by atoms with Gasteiger partial charge in [0.1, 0.15) is 19.3 Å². The number of allylic oxidation sites excluding steroid dienone is 5. The van der Waals surface area contributed by atoms with E-state index in [0.29, 0.717) is 17.4 Å². The summed E-state index contributed by atoms with van der Waals surface area (Å²) >= 11 is 0. The van der Waals surface area contributed by atoms with Crippen molar-refractivity contribution in [3.05, 3.63) is 36.5 Å². The van der Waals surface area contributed by atoms with Crippen LogP contribution < -0.4 is 10.2 Å². The second-order valence-corrected chi connectivity index (χ2v) is 21.5. The van der Waals surface area contributed by atoms with E-state index in [1.54, 1.807) is 0 Å². The molecule has 66 heavy (non-hydrogen) atoms. The number of carbonyl (C=O) groups is 2. The summed E-state index contributed by atoms with van der Waals surface area (Å²) in [4.78, 5) is 39.8. The zero-order valence-electron chi connectivity index (χ0n) is 44.2. The molecule has 0 spiro atoms. The summed E-state index contributed by atoms with van der Waals surface area (Å²) in [5, 5.41) is 3.01. The van der Waals surface area contributed by atoms with Gasteiger partial charge in [-0.15, -0.1) is 0 Å². The molecule has 0 rings (SSSR count). The second kappa shape index (κ2) is 46.9. The molecule has 0 bridgehead atoms. The number of ether oxygens (including phenoxy) is 1. The highest BCUT2D eigenvalue weighted by atomic mass is 31.2. The molecule has 0 aliphatic heterocycles. The highest BCUT2D eigenvalue weighted by Crippen LogP contribution is 2.38. The molecule has 0 saturated carbocycles. The highest BCUT2D eigenvalue weighted by Gasteiger charge is 2.27. The Labute approximate surface area is 408 Å². The first-order valence-corrected chi connectivity index (χ1v) is 29.3. The van der Waals surface area contributed by atoms with Crippen molar-refractivity contribution >= 4 is 19.7 Å². The van der Waals surface area contributed by atoms with E-state index in [0.717, 1.165) is 83.5 Å². The largest absolute Gasteiger partial charge is 0.756 e. The van der Waals surface area contributed by atoms with Crippen molar-refractivity contribution in [2.45, 2.75) is 270 Å². The Kier molecular flexibility index (Phi) is 45.7. The summed E-state index contributed by atoms with van der Waals surface area (Å²) in [7, 11) is 1.18. The molecule has 3 atom stereocenters. The van der Waals surface area contributed by atoms with E-state index < -0.39 is 20.0 Å². The van der Waals surface area contributed by atoms with Gasteiger partial charge in [-0.05, 0) is 57.4 Å². The molecule has 0 aromatic carbocycles. The minimum atomic E-state index is -4.69. The van der Waals surface area contributed by atoms with Crippen LogP contribution in [0.15, 0.2) is 36.5 Å². The Morgan fingerprint density at radius 1 is 0.545 bits per heavy atom. The highest BCUT2D eigenvalue weighted by molar-refractivity contribution is 7.45. The topological polar surface area (TPSA) is 114 Å². The number of nitrogens with zero attached hydrogens (tertiary/aromatic N) is 1. The average molecular weight is 951 g/mol. The summed E-state index contributed by atoms with van der Waals surface area (Å²) in [5.41, 5.74) is 0. The Bertz CT molecular complexity index is 1230. The summed E-state index contributed by atoms with van der Waals surface area (Å²) in [5.74, 6) is -0.543. The van der Waals surface area contributed by atoms with Crippen LogP contribution in [0.5, 0.6) is 0 Å². The lowest BCUT2D eigenvalue weighted by Gasteiger charge is -2.30. The number of unbranched alkanes of at least 4 members (excludes halogenated alkanes) is 30. The van der Waals surface area contributed by atoms with Crippen LogP contribution in [-0.2, 0) is 27.9 Å². The molecule has 388 valence electrons. The average Bonchev–Trinajstić information content (AvgIpc) is 3.27. The molecule has 10 heteroatoms. The molecule has 1 amide bonds. The van der Waals surface area contributed by atoms with E-state index >= 15 is 0 Å². The molecule has 0 aromatic rings. The molecule has 0 aromatic heterocycles. The van der Waals surface area contributed by atoms with Crippen LogP contribution in [-0.4, -0.2) is 69.4 Å². The molecule has 0 radical (unpaired) electrons. The molecule has 0 aliphatic carbocycles. The lowest BCUT2D eigenvalue weighted by Crippen LogP contribution is -2.47. The van der Waals surface area contributed by atoms with Gasteiger partial charge in [-0.3, -0.25) is 14.2 Å².